The topological polar surface area (TPSA) is 35.2 Å². The molecular weight excluding hydrogens is 207 g/mol. The van der Waals surface area contributed by atoms with Gasteiger partial charge in [0.2, 0.25) is 6.10 Å². The molecule has 1 heterocycles. The second-order valence-electron chi connectivity index (χ2n) is 3.56. The van der Waals surface area contributed by atoms with Crippen LogP contribution in [0.4, 0.5) is 13.2 Å². The van der Waals surface area contributed by atoms with Crippen LogP contribution in [0.3, 0.4) is 0 Å². The first-order chi connectivity index (χ1) is 6.98. The largest absolute Gasteiger partial charge is 0.479 e. The SMILES string of the molecule is NC1Cc2ccccc2OC1C(F)(F)F. The van der Waals surface area contributed by atoms with Crippen LogP contribution in [0, 0.1) is 0 Å². The quantitative estimate of drug-likeness (QED) is 0.720. The van der Waals surface area contributed by atoms with Crippen LogP contribution in [-0.4, -0.2) is 18.3 Å². The van der Waals surface area contributed by atoms with Crippen LogP contribution in [0.5, 0.6) is 5.75 Å². The van der Waals surface area contributed by atoms with Crippen molar-refractivity contribution in [1.29, 1.82) is 0 Å². The van der Waals surface area contributed by atoms with E-state index >= 15 is 0 Å². The van der Waals surface area contributed by atoms with Crippen LogP contribution in [0.2, 0.25) is 0 Å². The number of rotatable bonds is 0. The standard InChI is InChI=1S/C10H10F3NO/c11-10(12,13)9-7(14)5-6-3-1-2-4-8(6)15-9/h1-4,7,9H,5,14H2. The van der Waals surface area contributed by atoms with Gasteiger partial charge in [-0.1, -0.05) is 18.2 Å². The number of ether oxygens (including phenoxy) is 1. The second-order valence-corrected chi connectivity index (χ2v) is 3.56. The minimum absolute atomic E-state index is 0.195. The van der Waals surface area contributed by atoms with Gasteiger partial charge in [-0.2, -0.15) is 13.2 Å². The summed E-state index contributed by atoms with van der Waals surface area (Å²) in [5.41, 5.74) is 6.16. The summed E-state index contributed by atoms with van der Waals surface area (Å²) in [6, 6.07) is 5.62. The van der Waals surface area contributed by atoms with E-state index in [1.807, 2.05) is 0 Å². The molecule has 5 heteroatoms. The highest BCUT2D eigenvalue weighted by Gasteiger charge is 2.47. The number of fused-ring (bicyclic) bond motifs is 1. The first-order valence-electron chi connectivity index (χ1n) is 4.55. The van der Waals surface area contributed by atoms with Gasteiger partial charge in [0.1, 0.15) is 5.75 Å². The van der Waals surface area contributed by atoms with Gasteiger partial charge in [-0.25, -0.2) is 0 Å². The summed E-state index contributed by atoms with van der Waals surface area (Å²) >= 11 is 0. The first kappa shape index (κ1) is 10.3. The lowest BCUT2D eigenvalue weighted by molar-refractivity contribution is -0.203. The van der Waals surface area contributed by atoms with Gasteiger partial charge in [0.05, 0.1) is 6.04 Å². The molecule has 2 atom stereocenters. The van der Waals surface area contributed by atoms with Gasteiger partial charge in [0.25, 0.3) is 0 Å². The Kier molecular flexibility index (Phi) is 2.34. The summed E-state index contributed by atoms with van der Waals surface area (Å²) in [7, 11) is 0. The number of para-hydroxylation sites is 1. The van der Waals surface area contributed by atoms with E-state index in [4.69, 9.17) is 10.5 Å². The molecule has 1 aliphatic heterocycles. The van der Waals surface area contributed by atoms with E-state index in [0.717, 1.165) is 5.56 Å². The van der Waals surface area contributed by atoms with Crippen molar-refractivity contribution in [3.63, 3.8) is 0 Å². The van der Waals surface area contributed by atoms with E-state index < -0.39 is 18.3 Å². The van der Waals surface area contributed by atoms with Gasteiger partial charge in [-0.05, 0) is 18.1 Å². The molecule has 2 N–H and O–H groups in total. The van der Waals surface area contributed by atoms with Crippen LogP contribution in [0.15, 0.2) is 24.3 Å². The Balaban J connectivity index is 2.30. The van der Waals surface area contributed by atoms with E-state index in [1.54, 1.807) is 18.2 Å². The maximum absolute atomic E-state index is 12.5. The smallest absolute Gasteiger partial charge is 0.426 e. The zero-order chi connectivity index (χ0) is 11.1. The molecule has 15 heavy (non-hydrogen) atoms. The number of hydrogen-bond donors (Lipinski definition) is 1. The number of alkyl halides is 3. The highest BCUT2D eigenvalue weighted by atomic mass is 19.4. The summed E-state index contributed by atoms with van der Waals surface area (Å²) in [4.78, 5) is 0. The zero-order valence-electron chi connectivity index (χ0n) is 7.79. The molecule has 0 bridgehead atoms. The number of nitrogens with two attached hydrogens (primary N) is 1. The summed E-state index contributed by atoms with van der Waals surface area (Å²) < 4.78 is 42.3. The summed E-state index contributed by atoms with van der Waals surface area (Å²) in [6.07, 6.45) is -6.11. The van der Waals surface area contributed by atoms with Crippen LogP contribution in [0.1, 0.15) is 5.56 Å². The first-order valence-corrected chi connectivity index (χ1v) is 4.55. The fourth-order valence-corrected chi connectivity index (χ4v) is 1.68. The fraction of sp³-hybridized carbons (Fsp3) is 0.400. The van der Waals surface area contributed by atoms with Crippen molar-refractivity contribution in [1.82, 2.24) is 0 Å². The highest BCUT2D eigenvalue weighted by Crippen LogP contribution is 2.34. The molecule has 0 saturated heterocycles. The maximum Gasteiger partial charge on any atom is 0.426 e. The van der Waals surface area contributed by atoms with Crippen molar-refractivity contribution >= 4 is 0 Å². The van der Waals surface area contributed by atoms with Crippen molar-refractivity contribution in [2.75, 3.05) is 0 Å². The van der Waals surface area contributed by atoms with Crippen LogP contribution in [-0.2, 0) is 6.42 Å². The molecular formula is C10H10F3NO. The summed E-state index contributed by atoms with van der Waals surface area (Å²) in [6.45, 7) is 0. The van der Waals surface area contributed by atoms with E-state index in [9.17, 15) is 13.2 Å². The molecule has 0 saturated carbocycles. The van der Waals surface area contributed by atoms with Gasteiger partial charge in [0.15, 0.2) is 0 Å². The Labute approximate surface area is 84.8 Å². The number of hydrogen-bond acceptors (Lipinski definition) is 2. The fourth-order valence-electron chi connectivity index (χ4n) is 1.68. The third-order valence-corrected chi connectivity index (χ3v) is 2.39. The maximum atomic E-state index is 12.5. The number of benzene rings is 1. The Morgan fingerprint density at radius 1 is 1.27 bits per heavy atom. The van der Waals surface area contributed by atoms with E-state index in [0.29, 0.717) is 0 Å². The minimum atomic E-state index is -4.41. The minimum Gasteiger partial charge on any atom is -0.479 e. The molecule has 2 rings (SSSR count). The second kappa shape index (κ2) is 3.41. The molecule has 2 nitrogen and oxygen atoms in total. The molecule has 1 aromatic rings. The third-order valence-electron chi connectivity index (χ3n) is 2.39. The van der Waals surface area contributed by atoms with Crippen LogP contribution < -0.4 is 10.5 Å². The summed E-state index contributed by atoms with van der Waals surface area (Å²) in [5, 5.41) is 0. The van der Waals surface area contributed by atoms with Crippen LogP contribution in [0.25, 0.3) is 0 Å². The van der Waals surface area contributed by atoms with Crippen LogP contribution >= 0.6 is 0 Å². The molecule has 0 radical (unpaired) electrons. The molecule has 0 fully saturated rings. The van der Waals surface area contributed by atoms with E-state index in [-0.39, 0.29) is 12.2 Å². The molecule has 82 valence electrons. The molecule has 1 aliphatic rings. The van der Waals surface area contributed by atoms with Gasteiger partial charge in [0, 0.05) is 0 Å². The van der Waals surface area contributed by atoms with Gasteiger partial charge < -0.3 is 10.5 Å². The lowest BCUT2D eigenvalue weighted by atomic mass is 9.97. The monoisotopic (exact) mass is 217 g/mol. The molecule has 1 aromatic carbocycles. The van der Waals surface area contributed by atoms with Crippen molar-refractivity contribution < 1.29 is 17.9 Å². The van der Waals surface area contributed by atoms with Crippen molar-refractivity contribution in [2.45, 2.75) is 24.7 Å². The Morgan fingerprint density at radius 3 is 2.60 bits per heavy atom. The van der Waals surface area contributed by atoms with Gasteiger partial charge in [-0.15, -0.1) is 0 Å². The number of halogens is 3. The zero-order valence-corrected chi connectivity index (χ0v) is 7.79. The van der Waals surface area contributed by atoms with Crippen molar-refractivity contribution in [3.8, 4) is 5.75 Å². The summed E-state index contributed by atoms with van der Waals surface area (Å²) in [5.74, 6) is 0.279. The molecule has 0 aliphatic carbocycles. The molecule has 0 spiro atoms. The Morgan fingerprint density at radius 2 is 1.93 bits per heavy atom. The predicted molar refractivity (Wildman–Crippen MR) is 48.6 cm³/mol. The molecule has 2 unspecified atom stereocenters. The average Bonchev–Trinajstić information content (AvgIpc) is 2.15. The van der Waals surface area contributed by atoms with E-state index in [1.165, 1.54) is 6.07 Å². The van der Waals surface area contributed by atoms with Crippen molar-refractivity contribution in [2.24, 2.45) is 5.73 Å². The van der Waals surface area contributed by atoms with Gasteiger partial charge >= 0.3 is 6.18 Å². The Hall–Kier alpha value is -1.23. The lowest BCUT2D eigenvalue weighted by Gasteiger charge is -2.32. The van der Waals surface area contributed by atoms with Gasteiger partial charge in [-0.3, -0.25) is 0 Å². The highest BCUT2D eigenvalue weighted by molar-refractivity contribution is 5.36. The third kappa shape index (κ3) is 1.92. The lowest BCUT2D eigenvalue weighted by Crippen LogP contribution is -2.52. The van der Waals surface area contributed by atoms with Crippen molar-refractivity contribution in [3.05, 3.63) is 29.8 Å². The molecule has 0 amide bonds. The predicted octanol–water partition coefficient (Wildman–Crippen LogP) is 1.88. The molecule has 0 aromatic heterocycles. The normalized spacial score (nSPS) is 25.6. The Bertz CT molecular complexity index is 364. The van der Waals surface area contributed by atoms with E-state index in [2.05, 4.69) is 0 Å². The average molecular weight is 217 g/mol.